The van der Waals surface area contributed by atoms with Gasteiger partial charge < -0.3 is 19.6 Å². The first-order chi connectivity index (χ1) is 26.5. The molecule has 282 valence electrons. The highest BCUT2D eigenvalue weighted by Crippen LogP contribution is 2.42. The van der Waals surface area contributed by atoms with Crippen LogP contribution in [0.5, 0.6) is 11.8 Å². The van der Waals surface area contributed by atoms with Crippen LogP contribution in [0.3, 0.4) is 0 Å². The van der Waals surface area contributed by atoms with Crippen molar-refractivity contribution in [3.63, 3.8) is 0 Å². The van der Waals surface area contributed by atoms with Crippen molar-refractivity contribution in [3.05, 3.63) is 83.6 Å². The Labute approximate surface area is 314 Å². The van der Waals surface area contributed by atoms with Crippen LogP contribution < -0.4 is 9.64 Å². The van der Waals surface area contributed by atoms with E-state index in [4.69, 9.17) is 16.1 Å². The third-order valence-corrected chi connectivity index (χ3v) is 11.3. The zero-order chi connectivity index (χ0) is 38.6. The normalized spacial score (nSPS) is 22.7. The quantitative estimate of drug-likeness (QED) is 0.107. The number of phenols is 1. The monoisotopic (exact) mass is 751 g/mol. The van der Waals surface area contributed by atoms with Gasteiger partial charge in [0.2, 0.25) is 0 Å². The summed E-state index contributed by atoms with van der Waals surface area (Å²) in [6.07, 6.45) is 12.6. The fourth-order valence-electron chi connectivity index (χ4n) is 8.63. The Bertz CT molecular complexity index is 2410. The first-order valence-corrected chi connectivity index (χ1v) is 18.1. The number of amides is 1. The number of rotatable bonds is 8. The number of fused-ring (bicyclic) bond motifs is 3. The lowest BCUT2D eigenvalue weighted by Crippen LogP contribution is -2.44. The van der Waals surface area contributed by atoms with E-state index in [2.05, 4.69) is 25.8 Å². The molecule has 0 spiro atoms. The van der Waals surface area contributed by atoms with Crippen molar-refractivity contribution in [2.75, 3.05) is 38.2 Å². The predicted molar refractivity (Wildman–Crippen MR) is 200 cm³/mol. The molecule has 55 heavy (non-hydrogen) atoms. The van der Waals surface area contributed by atoms with E-state index in [0.29, 0.717) is 30.3 Å². The SMILES string of the molecule is C#Cc1c(F)ccc2cc(O)cc(-c3ncc4c(N(C)[C@@H]5CCN(C(=O)/C(F)=C/c6cccnc6)[C@@H]5C)nc(OC[C@@]56CCCN5C[C@H](F)C6)nc4c3F)c12. The van der Waals surface area contributed by atoms with Gasteiger partial charge in [0.05, 0.1) is 22.5 Å². The van der Waals surface area contributed by atoms with Crippen LogP contribution in [0.15, 0.2) is 60.8 Å². The van der Waals surface area contributed by atoms with Crippen molar-refractivity contribution in [2.24, 2.45) is 0 Å². The standard InChI is InChI=1S/C41H37F4N7O3/c1-4-28-31(43)9-8-25-16-27(53)17-29(34(25)28)36-35(45)37-30(20-47-36)38(49-40(48-37)55-22-41-11-6-13-51(41)21-26(42)18-41)50(3)33-10-14-52(23(33)2)39(54)32(44)15-24-7-5-12-46-19-24/h1,5,7-9,12,15-17,19-20,23,26,33,53H,6,10-11,13-14,18,21-22H2,2-3H3/b32-15-/t23-,26-,33-,41+/m1/s1. The van der Waals surface area contributed by atoms with Crippen molar-refractivity contribution in [1.29, 1.82) is 0 Å². The second-order valence-corrected chi connectivity index (χ2v) is 14.5. The van der Waals surface area contributed by atoms with Crippen LogP contribution in [0.1, 0.15) is 43.7 Å². The predicted octanol–water partition coefficient (Wildman–Crippen LogP) is 6.60. The number of hydrogen-bond acceptors (Lipinski definition) is 9. The maximum absolute atomic E-state index is 17.1. The molecule has 1 amide bonds. The molecular weight excluding hydrogens is 714 g/mol. The minimum atomic E-state index is -0.998. The Balaban J connectivity index is 1.20. The van der Waals surface area contributed by atoms with Gasteiger partial charge in [-0.2, -0.15) is 9.97 Å². The van der Waals surface area contributed by atoms with E-state index in [1.54, 1.807) is 37.2 Å². The number of ether oxygens (including phenoxy) is 1. The number of alkyl halides is 1. The van der Waals surface area contributed by atoms with Gasteiger partial charge in [0.15, 0.2) is 11.6 Å². The number of aromatic hydroxyl groups is 1. The molecule has 3 saturated heterocycles. The number of anilines is 1. The highest BCUT2D eigenvalue weighted by atomic mass is 19.1. The average Bonchev–Trinajstić information content (AvgIpc) is 3.84. The summed E-state index contributed by atoms with van der Waals surface area (Å²) in [7, 11) is 1.74. The van der Waals surface area contributed by atoms with Crippen LogP contribution >= 0.6 is 0 Å². The van der Waals surface area contributed by atoms with E-state index in [1.807, 2.05) is 0 Å². The van der Waals surface area contributed by atoms with E-state index >= 15 is 8.78 Å². The summed E-state index contributed by atoms with van der Waals surface area (Å²) in [5, 5.41) is 11.4. The number of hydrogen-bond donors (Lipinski definition) is 1. The molecule has 2 aromatic carbocycles. The molecule has 14 heteroatoms. The van der Waals surface area contributed by atoms with Gasteiger partial charge in [-0.15, -0.1) is 6.42 Å². The second-order valence-electron chi connectivity index (χ2n) is 14.5. The molecule has 8 rings (SSSR count). The van der Waals surface area contributed by atoms with Gasteiger partial charge in [-0.05, 0) is 74.0 Å². The lowest BCUT2D eigenvalue weighted by molar-refractivity contribution is -0.129. The number of pyridine rings is 2. The molecule has 0 unspecified atom stereocenters. The number of phenolic OH excluding ortho intramolecular Hbond substituents is 1. The Hall–Kier alpha value is -5.81. The first kappa shape index (κ1) is 36.2. The largest absolute Gasteiger partial charge is 0.508 e. The Morgan fingerprint density at radius 1 is 1.20 bits per heavy atom. The fraction of sp³-hybridized carbons (Fsp3) is 0.341. The van der Waals surface area contributed by atoms with Crippen molar-refractivity contribution in [1.82, 2.24) is 29.7 Å². The Morgan fingerprint density at radius 2 is 2.04 bits per heavy atom. The van der Waals surface area contributed by atoms with E-state index in [-0.39, 0.29) is 63.8 Å². The summed E-state index contributed by atoms with van der Waals surface area (Å²) in [6, 6.07) is 7.50. The Morgan fingerprint density at radius 3 is 2.82 bits per heavy atom. The minimum absolute atomic E-state index is 0.0539. The number of nitrogens with zero attached hydrogens (tertiary/aromatic N) is 7. The topological polar surface area (TPSA) is 108 Å². The molecule has 1 N–H and O–H groups in total. The molecule has 0 saturated carbocycles. The highest BCUT2D eigenvalue weighted by Gasteiger charge is 2.49. The van der Waals surface area contributed by atoms with E-state index in [1.165, 1.54) is 41.6 Å². The van der Waals surface area contributed by atoms with Gasteiger partial charge in [0, 0.05) is 62.1 Å². The first-order valence-electron chi connectivity index (χ1n) is 18.1. The molecule has 0 aliphatic carbocycles. The van der Waals surface area contributed by atoms with Crippen LogP contribution in [0.2, 0.25) is 0 Å². The third kappa shape index (κ3) is 6.36. The highest BCUT2D eigenvalue weighted by molar-refractivity contribution is 6.03. The number of halogens is 4. The van der Waals surface area contributed by atoms with E-state index in [9.17, 15) is 18.7 Å². The molecule has 3 aromatic heterocycles. The van der Waals surface area contributed by atoms with Crippen molar-refractivity contribution < 1.29 is 32.2 Å². The molecule has 0 bridgehead atoms. The molecule has 3 aliphatic heterocycles. The average molecular weight is 752 g/mol. The smallest absolute Gasteiger partial charge is 0.319 e. The molecule has 3 aliphatic rings. The maximum Gasteiger partial charge on any atom is 0.319 e. The summed E-state index contributed by atoms with van der Waals surface area (Å²) in [5.41, 5.74) is -0.583. The third-order valence-electron chi connectivity index (χ3n) is 11.3. The molecule has 3 fully saturated rings. The van der Waals surface area contributed by atoms with Gasteiger partial charge in [-0.1, -0.05) is 18.1 Å². The molecule has 6 heterocycles. The number of benzene rings is 2. The zero-order valence-electron chi connectivity index (χ0n) is 30.1. The summed E-state index contributed by atoms with van der Waals surface area (Å²) >= 11 is 0. The lowest BCUT2D eigenvalue weighted by atomic mass is 9.95. The van der Waals surface area contributed by atoms with Crippen molar-refractivity contribution in [2.45, 2.75) is 56.4 Å². The number of likely N-dealkylation sites (tertiary alicyclic amines) is 1. The number of carbonyl (C=O) groups excluding carboxylic acids is 1. The second kappa shape index (κ2) is 14.1. The zero-order valence-corrected chi connectivity index (χ0v) is 30.1. The van der Waals surface area contributed by atoms with Gasteiger partial charge >= 0.3 is 6.01 Å². The van der Waals surface area contributed by atoms with Gasteiger partial charge in [-0.25, -0.2) is 17.6 Å². The summed E-state index contributed by atoms with van der Waals surface area (Å²) in [4.78, 5) is 36.3. The molecule has 5 aromatic rings. The summed E-state index contributed by atoms with van der Waals surface area (Å²) in [5.74, 6) is -0.934. The van der Waals surface area contributed by atoms with Crippen molar-refractivity contribution >= 4 is 39.5 Å². The molecule has 0 radical (unpaired) electrons. The van der Waals surface area contributed by atoms with Crippen LogP contribution in [-0.4, -0.2) is 97.8 Å². The summed E-state index contributed by atoms with van der Waals surface area (Å²) < 4.78 is 68.1. The number of likely N-dealkylation sites (N-methyl/N-ethyl adjacent to an activating group) is 1. The van der Waals surface area contributed by atoms with Crippen LogP contribution in [0, 0.1) is 24.0 Å². The van der Waals surface area contributed by atoms with Gasteiger partial charge in [0.25, 0.3) is 5.91 Å². The molecular formula is C41H37F4N7O3. The molecule has 10 nitrogen and oxygen atoms in total. The van der Waals surface area contributed by atoms with Crippen LogP contribution in [-0.2, 0) is 4.79 Å². The van der Waals surface area contributed by atoms with Crippen LogP contribution in [0.4, 0.5) is 23.4 Å². The number of terminal acetylenes is 1. The number of aromatic nitrogens is 4. The van der Waals surface area contributed by atoms with Crippen molar-refractivity contribution in [3.8, 4) is 35.4 Å². The van der Waals surface area contributed by atoms with Crippen LogP contribution in [0.25, 0.3) is 39.0 Å². The van der Waals surface area contributed by atoms with Gasteiger partial charge in [0.1, 0.15) is 41.4 Å². The van der Waals surface area contributed by atoms with E-state index in [0.717, 1.165) is 25.5 Å². The lowest BCUT2D eigenvalue weighted by Gasteiger charge is -2.33. The summed E-state index contributed by atoms with van der Waals surface area (Å²) in [6.45, 7) is 3.18. The maximum atomic E-state index is 17.1. The van der Waals surface area contributed by atoms with Gasteiger partial charge in [-0.3, -0.25) is 19.7 Å². The van der Waals surface area contributed by atoms with E-state index < -0.39 is 47.2 Å². The number of carbonyl (C=O) groups is 1. The fourth-order valence-corrected chi connectivity index (χ4v) is 8.63. The Kier molecular flexibility index (Phi) is 9.29. The minimum Gasteiger partial charge on any atom is -0.508 e. The molecule has 4 atom stereocenters.